The molecule has 1 saturated heterocycles. The van der Waals surface area contributed by atoms with Gasteiger partial charge in [0.05, 0.1) is 25.4 Å². The summed E-state index contributed by atoms with van der Waals surface area (Å²) in [6, 6.07) is 4.35. The first-order valence-electron chi connectivity index (χ1n) is 8.86. The maximum atomic E-state index is 13.2. The second kappa shape index (κ2) is 10.9. The molecule has 1 aliphatic rings. The molecule has 1 amide bonds. The number of piperidine rings is 1. The van der Waals surface area contributed by atoms with Crippen LogP contribution in [0.2, 0.25) is 0 Å². The van der Waals surface area contributed by atoms with E-state index in [9.17, 15) is 9.18 Å². The van der Waals surface area contributed by atoms with E-state index in [0.717, 1.165) is 18.8 Å². The molecule has 0 atom stereocenters. The highest BCUT2D eigenvalue weighted by Gasteiger charge is 2.13. The molecule has 0 aliphatic carbocycles. The van der Waals surface area contributed by atoms with Crippen molar-refractivity contribution in [3.05, 3.63) is 24.0 Å². The minimum absolute atomic E-state index is 0.0418. The molecule has 1 fully saturated rings. The van der Waals surface area contributed by atoms with Gasteiger partial charge in [0.25, 0.3) is 0 Å². The Morgan fingerprint density at radius 3 is 2.76 bits per heavy atom. The molecular formula is C18H28FN3O3. The Kier molecular flexibility index (Phi) is 8.48. The van der Waals surface area contributed by atoms with Crippen LogP contribution >= 0.6 is 0 Å². The summed E-state index contributed by atoms with van der Waals surface area (Å²) >= 11 is 0. The molecule has 0 saturated carbocycles. The van der Waals surface area contributed by atoms with E-state index in [1.807, 2.05) is 0 Å². The SMILES string of the molecule is CNc1ccc(F)cc1OCCOCCNC(=O)CN1CCCCC1. The summed E-state index contributed by atoms with van der Waals surface area (Å²) < 4.78 is 24.2. The van der Waals surface area contributed by atoms with E-state index >= 15 is 0 Å². The van der Waals surface area contributed by atoms with E-state index in [1.165, 1.54) is 31.4 Å². The lowest BCUT2D eigenvalue weighted by atomic mass is 10.1. The predicted octanol–water partition coefficient (Wildman–Crippen LogP) is 1.86. The summed E-state index contributed by atoms with van der Waals surface area (Å²) in [4.78, 5) is 14.0. The van der Waals surface area contributed by atoms with Gasteiger partial charge in [-0.05, 0) is 38.1 Å². The fourth-order valence-corrected chi connectivity index (χ4v) is 2.77. The molecule has 2 rings (SSSR count). The number of ether oxygens (including phenoxy) is 2. The summed E-state index contributed by atoms with van der Waals surface area (Å²) in [6.45, 7) is 4.09. The number of hydrogen-bond acceptors (Lipinski definition) is 5. The van der Waals surface area contributed by atoms with E-state index in [0.29, 0.717) is 38.7 Å². The van der Waals surface area contributed by atoms with Gasteiger partial charge in [0.15, 0.2) is 0 Å². The Labute approximate surface area is 148 Å². The molecule has 0 unspecified atom stereocenters. The molecule has 140 valence electrons. The van der Waals surface area contributed by atoms with Gasteiger partial charge < -0.3 is 20.1 Å². The molecule has 6 nitrogen and oxygen atoms in total. The minimum Gasteiger partial charge on any atom is -0.489 e. The van der Waals surface area contributed by atoms with E-state index in [1.54, 1.807) is 13.1 Å². The van der Waals surface area contributed by atoms with Crippen LogP contribution in [0.15, 0.2) is 18.2 Å². The van der Waals surface area contributed by atoms with Crippen molar-refractivity contribution in [1.82, 2.24) is 10.2 Å². The number of amides is 1. The Bertz CT molecular complexity index is 536. The fourth-order valence-electron chi connectivity index (χ4n) is 2.77. The summed E-state index contributed by atoms with van der Waals surface area (Å²) in [7, 11) is 1.75. The van der Waals surface area contributed by atoms with Crippen molar-refractivity contribution in [2.45, 2.75) is 19.3 Å². The summed E-state index contributed by atoms with van der Waals surface area (Å²) in [6.07, 6.45) is 3.62. The largest absolute Gasteiger partial charge is 0.489 e. The van der Waals surface area contributed by atoms with Crippen LogP contribution in [0.5, 0.6) is 5.75 Å². The minimum atomic E-state index is -0.341. The molecule has 1 aromatic rings. The molecule has 7 heteroatoms. The summed E-state index contributed by atoms with van der Waals surface area (Å²) in [5.74, 6) is 0.160. The van der Waals surface area contributed by atoms with Crippen molar-refractivity contribution < 1.29 is 18.7 Å². The molecule has 0 bridgehead atoms. The van der Waals surface area contributed by atoms with Gasteiger partial charge in [-0.15, -0.1) is 0 Å². The van der Waals surface area contributed by atoms with Gasteiger partial charge in [0, 0.05) is 19.7 Å². The van der Waals surface area contributed by atoms with Gasteiger partial charge in [0.1, 0.15) is 18.2 Å². The molecule has 1 aliphatic heterocycles. The zero-order valence-electron chi connectivity index (χ0n) is 14.9. The molecule has 1 heterocycles. The zero-order chi connectivity index (χ0) is 17.9. The maximum Gasteiger partial charge on any atom is 0.234 e. The van der Waals surface area contributed by atoms with Crippen molar-refractivity contribution in [3.63, 3.8) is 0 Å². The standard InChI is InChI=1S/C18H28FN3O3/c1-20-16-6-5-15(19)13-17(16)25-12-11-24-10-7-21-18(23)14-22-8-3-2-4-9-22/h5-6,13,20H,2-4,7-12,14H2,1H3,(H,21,23). The lowest BCUT2D eigenvalue weighted by Gasteiger charge is -2.25. The van der Waals surface area contributed by atoms with Gasteiger partial charge in [-0.25, -0.2) is 4.39 Å². The molecule has 0 spiro atoms. The maximum absolute atomic E-state index is 13.2. The van der Waals surface area contributed by atoms with Crippen LogP contribution in [0, 0.1) is 5.82 Å². The third-order valence-corrected chi connectivity index (χ3v) is 4.08. The van der Waals surface area contributed by atoms with Crippen LogP contribution in [-0.4, -0.2) is 63.9 Å². The Balaban J connectivity index is 1.52. The number of benzene rings is 1. The zero-order valence-corrected chi connectivity index (χ0v) is 14.9. The van der Waals surface area contributed by atoms with E-state index in [4.69, 9.17) is 9.47 Å². The van der Waals surface area contributed by atoms with Crippen molar-refractivity contribution in [2.75, 3.05) is 58.4 Å². The van der Waals surface area contributed by atoms with Crippen molar-refractivity contribution in [3.8, 4) is 5.75 Å². The quantitative estimate of drug-likeness (QED) is 0.629. The second-order valence-electron chi connectivity index (χ2n) is 6.04. The molecule has 2 N–H and O–H groups in total. The summed E-state index contributed by atoms with van der Waals surface area (Å²) in [5.41, 5.74) is 0.728. The van der Waals surface area contributed by atoms with Crippen LogP contribution in [0.1, 0.15) is 19.3 Å². The Morgan fingerprint density at radius 1 is 1.20 bits per heavy atom. The van der Waals surface area contributed by atoms with Crippen molar-refractivity contribution in [2.24, 2.45) is 0 Å². The van der Waals surface area contributed by atoms with Crippen LogP contribution in [0.25, 0.3) is 0 Å². The summed E-state index contributed by atoms with van der Waals surface area (Å²) in [5, 5.41) is 5.80. The van der Waals surface area contributed by atoms with Crippen LogP contribution in [0.3, 0.4) is 0 Å². The van der Waals surface area contributed by atoms with Gasteiger partial charge in [0.2, 0.25) is 5.91 Å². The van der Waals surface area contributed by atoms with Gasteiger partial charge in [-0.3, -0.25) is 9.69 Å². The highest BCUT2D eigenvalue weighted by Crippen LogP contribution is 2.24. The molecule has 0 aromatic heterocycles. The molecule has 1 aromatic carbocycles. The van der Waals surface area contributed by atoms with E-state index in [2.05, 4.69) is 15.5 Å². The van der Waals surface area contributed by atoms with Crippen molar-refractivity contribution in [1.29, 1.82) is 0 Å². The van der Waals surface area contributed by atoms with Gasteiger partial charge in [-0.2, -0.15) is 0 Å². The lowest BCUT2D eigenvalue weighted by molar-refractivity contribution is -0.122. The second-order valence-corrected chi connectivity index (χ2v) is 6.04. The smallest absolute Gasteiger partial charge is 0.234 e. The third kappa shape index (κ3) is 7.27. The number of nitrogens with zero attached hydrogens (tertiary/aromatic N) is 1. The number of carbonyl (C=O) groups is 1. The topological polar surface area (TPSA) is 62.8 Å². The normalized spacial score (nSPS) is 15.0. The van der Waals surface area contributed by atoms with Crippen LogP contribution < -0.4 is 15.4 Å². The first kappa shape index (κ1) is 19.5. The highest BCUT2D eigenvalue weighted by molar-refractivity contribution is 5.77. The average molecular weight is 353 g/mol. The number of rotatable bonds is 10. The molecular weight excluding hydrogens is 325 g/mol. The highest BCUT2D eigenvalue weighted by atomic mass is 19.1. The lowest BCUT2D eigenvalue weighted by Crippen LogP contribution is -2.40. The van der Waals surface area contributed by atoms with Gasteiger partial charge in [-0.1, -0.05) is 6.42 Å². The number of likely N-dealkylation sites (tertiary alicyclic amines) is 1. The average Bonchev–Trinajstić information content (AvgIpc) is 2.62. The van der Waals surface area contributed by atoms with Gasteiger partial charge >= 0.3 is 0 Å². The molecule has 0 radical (unpaired) electrons. The Morgan fingerprint density at radius 2 is 2.00 bits per heavy atom. The fraction of sp³-hybridized carbons (Fsp3) is 0.611. The molecule has 25 heavy (non-hydrogen) atoms. The monoisotopic (exact) mass is 353 g/mol. The van der Waals surface area contributed by atoms with E-state index in [-0.39, 0.29) is 11.7 Å². The van der Waals surface area contributed by atoms with Crippen molar-refractivity contribution >= 4 is 11.6 Å². The predicted molar refractivity (Wildman–Crippen MR) is 95.6 cm³/mol. The van der Waals surface area contributed by atoms with E-state index < -0.39 is 0 Å². The van der Waals surface area contributed by atoms with Crippen LogP contribution in [0.4, 0.5) is 10.1 Å². The number of anilines is 1. The van der Waals surface area contributed by atoms with Crippen LogP contribution in [-0.2, 0) is 9.53 Å². The Hall–Kier alpha value is -1.86. The number of halogens is 1. The number of carbonyl (C=O) groups excluding carboxylic acids is 1. The first-order chi connectivity index (χ1) is 12.2. The first-order valence-corrected chi connectivity index (χ1v) is 8.86. The number of hydrogen-bond donors (Lipinski definition) is 2. The number of nitrogens with one attached hydrogen (secondary N) is 2. The third-order valence-electron chi connectivity index (χ3n) is 4.08.